The highest BCUT2D eigenvalue weighted by molar-refractivity contribution is 5.88. The van der Waals surface area contributed by atoms with Gasteiger partial charge in [-0.3, -0.25) is 5.32 Å². The Hall–Kier alpha value is -2.43. The third-order valence-corrected chi connectivity index (χ3v) is 3.36. The van der Waals surface area contributed by atoms with Crippen LogP contribution in [0.3, 0.4) is 0 Å². The van der Waals surface area contributed by atoms with Gasteiger partial charge in [0.25, 0.3) is 0 Å². The largest absolute Gasteiger partial charge is 0.334 e. The molecule has 1 aromatic heterocycles. The Morgan fingerprint density at radius 1 is 1.15 bits per heavy atom. The fraction of sp³-hybridized carbons (Fsp3) is 0.200. The molecule has 0 saturated heterocycles. The zero-order chi connectivity index (χ0) is 13.9. The van der Waals surface area contributed by atoms with Crippen molar-refractivity contribution in [1.29, 1.82) is 0 Å². The number of carbonyl (C=O) groups is 1. The first-order chi connectivity index (χ1) is 9.70. The van der Waals surface area contributed by atoms with Gasteiger partial charge in [0, 0.05) is 6.04 Å². The maximum absolute atomic E-state index is 12.7. The van der Waals surface area contributed by atoms with E-state index < -0.39 is 5.82 Å². The Kier molecular flexibility index (Phi) is 3.33. The van der Waals surface area contributed by atoms with Crippen molar-refractivity contribution in [3.05, 3.63) is 59.5 Å². The molecule has 0 spiro atoms. The van der Waals surface area contributed by atoms with Gasteiger partial charge in [-0.1, -0.05) is 24.3 Å². The summed E-state index contributed by atoms with van der Waals surface area (Å²) in [5, 5.41) is 5.50. The first-order valence-corrected chi connectivity index (χ1v) is 6.46. The number of hydrogen-bond acceptors (Lipinski definition) is 2. The second kappa shape index (κ2) is 5.28. The molecule has 1 aliphatic carbocycles. The van der Waals surface area contributed by atoms with Gasteiger partial charge in [0.1, 0.15) is 11.6 Å². The molecular weight excluding hydrogens is 257 g/mol. The van der Waals surface area contributed by atoms with E-state index >= 15 is 0 Å². The van der Waals surface area contributed by atoms with Gasteiger partial charge in [-0.05, 0) is 36.1 Å². The minimum absolute atomic E-state index is 0.0906. The summed E-state index contributed by atoms with van der Waals surface area (Å²) in [5.74, 6) is -0.0957. The molecule has 0 atom stereocenters. The molecule has 2 amide bonds. The predicted molar refractivity (Wildman–Crippen MR) is 74.0 cm³/mol. The summed E-state index contributed by atoms with van der Waals surface area (Å²) in [6.45, 7) is 0. The molecule has 102 valence electrons. The van der Waals surface area contributed by atoms with E-state index in [1.807, 2.05) is 12.1 Å². The molecule has 1 aromatic carbocycles. The lowest BCUT2D eigenvalue weighted by Crippen LogP contribution is -2.38. The number of carbonyl (C=O) groups excluding carboxylic acids is 1. The van der Waals surface area contributed by atoms with E-state index in [1.54, 1.807) is 0 Å². The molecule has 3 rings (SSSR count). The number of nitrogens with zero attached hydrogens (tertiary/aromatic N) is 1. The molecule has 2 aromatic rings. The van der Waals surface area contributed by atoms with E-state index in [2.05, 4.69) is 27.8 Å². The summed E-state index contributed by atoms with van der Waals surface area (Å²) >= 11 is 0. The van der Waals surface area contributed by atoms with E-state index in [0.29, 0.717) is 5.82 Å². The van der Waals surface area contributed by atoms with Crippen molar-refractivity contribution in [3.8, 4) is 0 Å². The van der Waals surface area contributed by atoms with E-state index in [9.17, 15) is 9.18 Å². The van der Waals surface area contributed by atoms with Crippen LogP contribution in [0.25, 0.3) is 0 Å². The van der Waals surface area contributed by atoms with Crippen LogP contribution in [-0.4, -0.2) is 17.1 Å². The Bertz CT molecular complexity index is 602. The number of fused-ring (bicyclic) bond motifs is 1. The number of hydrogen-bond donors (Lipinski definition) is 2. The van der Waals surface area contributed by atoms with Crippen LogP contribution in [0, 0.1) is 5.82 Å². The lowest BCUT2D eigenvalue weighted by Gasteiger charge is -2.12. The van der Waals surface area contributed by atoms with E-state index in [1.165, 1.54) is 23.3 Å². The lowest BCUT2D eigenvalue weighted by atomic mass is 10.1. The molecule has 0 saturated carbocycles. The van der Waals surface area contributed by atoms with Crippen LogP contribution in [0.15, 0.2) is 42.6 Å². The monoisotopic (exact) mass is 271 g/mol. The molecule has 4 nitrogen and oxygen atoms in total. The van der Waals surface area contributed by atoms with Crippen LogP contribution < -0.4 is 10.6 Å². The normalized spacial score (nSPS) is 13.8. The van der Waals surface area contributed by atoms with Gasteiger partial charge in [-0.25, -0.2) is 14.2 Å². The summed E-state index contributed by atoms with van der Waals surface area (Å²) < 4.78 is 12.7. The van der Waals surface area contributed by atoms with Crippen LogP contribution in [0.1, 0.15) is 11.1 Å². The average molecular weight is 271 g/mol. The van der Waals surface area contributed by atoms with Crippen molar-refractivity contribution < 1.29 is 9.18 Å². The van der Waals surface area contributed by atoms with Crippen LogP contribution in [0.5, 0.6) is 0 Å². The highest BCUT2D eigenvalue weighted by Gasteiger charge is 2.22. The average Bonchev–Trinajstić information content (AvgIpc) is 2.83. The van der Waals surface area contributed by atoms with Crippen molar-refractivity contribution in [2.75, 3.05) is 5.32 Å². The van der Waals surface area contributed by atoms with Gasteiger partial charge in [0.15, 0.2) is 0 Å². The maximum Gasteiger partial charge on any atom is 0.320 e. The van der Waals surface area contributed by atoms with Gasteiger partial charge in [-0.15, -0.1) is 0 Å². The number of amides is 2. The number of nitrogens with one attached hydrogen (secondary N) is 2. The number of halogens is 1. The zero-order valence-corrected chi connectivity index (χ0v) is 10.8. The van der Waals surface area contributed by atoms with Crippen molar-refractivity contribution in [2.45, 2.75) is 18.9 Å². The molecule has 0 radical (unpaired) electrons. The van der Waals surface area contributed by atoms with Crippen molar-refractivity contribution in [3.63, 3.8) is 0 Å². The van der Waals surface area contributed by atoms with Crippen molar-refractivity contribution in [2.24, 2.45) is 0 Å². The smallest absolute Gasteiger partial charge is 0.320 e. The fourth-order valence-corrected chi connectivity index (χ4v) is 2.45. The second-order valence-corrected chi connectivity index (χ2v) is 4.83. The Morgan fingerprint density at radius 2 is 1.85 bits per heavy atom. The van der Waals surface area contributed by atoms with E-state index in [4.69, 9.17) is 0 Å². The molecular formula is C15H14FN3O. The Balaban J connectivity index is 1.57. The van der Waals surface area contributed by atoms with Crippen LogP contribution in [0.2, 0.25) is 0 Å². The minimum Gasteiger partial charge on any atom is -0.334 e. The molecule has 0 bridgehead atoms. The summed E-state index contributed by atoms with van der Waals surface area (Å²) in [7, 11) is 0. The maximum atomic E-state index is 12.7. The number of pyridine rings is 1. The highest BCUT2D eigenvalue weighted by Crippen LogP contribution is 2.21. The number of benzene rings is 1. The summed E-state index contributed by atoms with van der Waals surface area (Å²) in [6.07, 6.45) is 2.74. The number of urea groups is 1. The molecule has 20 heavy (non-hydrogen) atoms. The Morgan fingerprint density at radius 3 is 2.45 bits per heavy atom. The predicted octanol–water partition coefficient (Wildman–Crippen LogP) is 2.51. The first kappa shape index (κ1) is 12.6. The summed E-state index contributed by atoms with van der Waals surface area (Å²) in [6, 6.07) is 10.6. The van der Waals surface area contributed by atoms with E-state index in [0.717, 1.165) is 19.0 Å². The fourth-order valence-electron chi connectivity index (χ4n) is 2.45. The summed E-state index contributed by atoms with van der Waals surface area (Å²) in [4.78, 5) is 15.6. The van der Waals surface area contributed by atoms with Gasteiger partial charge in [0.05, 0.1) is 6.20 Å². The van der Waals surface area contributed by atoms with Gasteiger partial charge >= 0.3 is 6.03 Å². The zero-order valence-electron chi connectivity index (χ0n) is 10.8. The number of aromatic nitrogens is 1. The third-order valence-electron chi connectivity index (χ3n) is 3.36. The lowest BCUT2D eigenvalue weighted by molar-refractivity contribution is 0.248. The van der Waals surface area contributed by atoms with Gasteiger partial charge in [-0.2, -0.15) is 0 Å². The summed E-state index contributed by atoms with van der Waals surface area (Å²) in [5.41, 5.74) is 2.55. The van der Waals surface area contributed by atoms with Crippen LogP contribution in [-0.2, 0) is 12.8 Å². The standard InChI is InChI=1S/C15H14FN3O/c16-12-5-6-14(17-9-12)19-15(20)18-13-7-10-3-1-2-4-11(10)8-13/h1-6,9,13H,7-8H2,(H2,17,18,19,20). The number of rotatable bonds is 2. The molecule has 0 fully saturated rings. The SMILES string of the molecule is O=C(Nc1ccc(F)cn1)NC1Cc2ccccc2C1. The molecule has 0 unspecified atom stereocenters. The molecule has 2 N–H and O–H groups in total. The van der Waals surface area contributed by atoms with Gasteiger partial charge < -0.3 is 5.32 Å². The number of anilines is 1. The molecule has 0 aliphatic heterocycles. The second-order valence-electron chi connectivity index (χ2n) is 4.83. The van der Waals surface area contributed by atoms with Crippen LogP contribution >= 0.6 is 0 Å². The highest BCUT2D eigenvalue weighted by atomic mass is 19.1. The van der Waals surface area contributed by atoms with Crippen LogP contribution in [0.4, 0.5) is 15.0 Å². The quantitative estimate of drug-likeness (QED) is 0.881. The first-order valence-electron chi connectivity index (χ1n) is 6.46. The molecule has 5 heteroatoms. The molecule has 1 heterocycles. The van der Waals surface area contributed by atoms with Gasteiger partial charge in [0.2, 0.25) is 0 Å². The molecule has 1 aliphatic rings. The Labute approximate surface area is 116 Å². The van der Waals surface area contributed by atoms with Crippen molar-refractivity contribution >= 4 is 11.8 Å². The topological polar surface area (TPSA) is 54.0 Å². The third kappa shape index (κ3) is 2.77. The van der Waals surface area contributed by atoms with Crippen molar-refractivity contribution in [1.82, 2.24) is 10.3 Å². The minimum atomic E-state index is -0.429. The van der Waals surface area contributed by atoms with E-state index in [-0.39, 0.29) is 12.1 Å².